The molecule has 2 rings (SSSR count). The Kier molecular flexibility index (Phi) is 4.05. The van der Waals surface area contributed by atoms with Crippen LogP contribution in [-0.2, 0) is 10.0 Å². The van der Waals surface area contributed by atoms with Gasteiger partial charge in [-0.15, -0.1) is 0 Å². The molecule has 0 saturated carbocycles. The minimum absolute atomic E-state index is 0.112. The average Bonchev–Trinajstić information content (AvgIpc) is 2.76. The molecule has 0 bridgehead atoms. The van der Waals surface area contributed by atoms with E-state index in [0.29, 0.717) is 10.2 Å². The quantitative estimate of drug-likeness (QED) is 0.731. The summed E-state index contributed by atoms with van der Waals surface area (Å²) in [6.45, 7) is 3.98. The van der Waals surface area contributed by atoms with Crippen LogP contribution in [0.15, 0.2) is 33.6 Å². The van der Waals surface area contributed by atoms with Gasteiger partial charge in [0.05, 0.1) is 0 Å². The molecule has 0 amide bonds. The molecule has 8 heteroatoms. The largest absolute Gasteiger partial charge is 0.399 e. The molecule has 1 heterocycles. The molecule has 0 atom stereocenters. The fourth-order valence-electron chi connectivity index (χ4n) is 1.61. The summed E-state index contributed by atoms with van der Waals surface area (Å²) in [4.78, 5) is 0.112. The zero-order valence-electron chi connectivity index (χ0n) is 11.0. The number of rotatable bonds is 4. The van der Waals surface area contributed by atoms with Gasteiger partial charge in [-0.1, -0.05) is 13.8 Å². The number of benzene rings is 1. The Balaban J connectivity index is 2.30. The Morgan fingerprint density at radius 1 is 1.35 bits per heavy atom. The van der Waals surface area contributed by atoms with Crippen molar-refractivity contribution in [3.63, 3.8) is 0 Å². The highest BCUT2D eigenvalue weighted by molar-refractivity contribution is 9.10. The maximum absolute atomic E-state index is 12.3. The summed E-state index contributed by atoms with van der Waals surface area (Å²) in [5.41, 5.74) is 6.94. The van der Waals surface area contributed by atoms with E-state index in [1.54, 1.807) is 12.1 Å². The molecule has 1 aromatic heterocycles. The second kappa shape index (κ2) is 5.45. The van der Waals surface area contributed by atoms with E-state index in [4.69, 9.17) is 5.73 Å². The Bertz CT molecular complexity index is 725. The van der Waals surface area contributed by atoms with E-state index in [1.165, 1.54) is 12.1 Å². The smallest absolute Gasteiger partial charge is 0.264 e. The van der Waals surface area contributed by atoms with Crippen molar-refractivity contribution in [1.82, 2.24) is 10.2 Å². The van der Waals surface area contributed by atoms with Gasteiger partial charge in [0.1, 0.15) is 4.90 Å². The summed E-state index contributed by atoms with van der Waals surface area (Å²) in [7, 11) is -3.71. The van der Waals surface area contributed by atoms with E-state index in [9.17, 15) is 8.42 Å². The SMILES string of the molecule is CC(C)c1cc(NS(=O)(=O)c2ccc(N)cc2Br)n[nH]1. The lowest BCUT2D eigenvalue weighted by Gasteiger charge is -2.07. The Labute approximate surface area is 125 Å². The maximum atomic E-state index is 12.3. The second-order valence-corrected chi connectivity index (χ2v) is 7.16. The molecule has 0 spiro atoms. The predicted molar refractivity (Wildman–Crippen MR) is 82.0 cm³/mol. The Morgan fingerprint density at radius 3 is 2.60 bits per heavy atom. The molecule has 2 aromatic rings. The van der Waals surface area contributed by atoms with Gasteiger partial charge in [0.15, 0.2) is 5.82 Å². The predicted octanol–water partition coefficient (Wildman–Crippen LogP) is 2.68. The van der Waals surface area contributed by atoms with Gasteiger partial charge in [-0.2, -0.15) is 5.10 Å². The van der Waals surface area contributed by atoms with Crippen molar-refractivity contribution in [2.75, 3.05) is 10.5 Å². The standard InChI is InChI=1S/C12H15BrN4O2S/c1-7(2)10-6-12(16-15-10)17-20(18,19)11-4-3-8(14)5-9(11)13/h3-7H,14H2,1-2H3,(H2,15,16,17). The minimum Gasteiger partial charge on any atom is -0.399 e. The van der Waals surface area contributed by atoms with Gasteiger partial charge < -0.3 is 5.73 Å². The number of nitrogens with two attached hydrogens (primary N) is 1. The number of hydrogen-bond acceptors (Lipinski definition) is 4. The van der Waals surface area contributed by atoms with Crippen LogP contribution in [0.3, 0.4) is 0 Å². The van der Waals surface area contributed by atoms with E-state index >= 15 is 0 Å². The number of halogens is 1. The van der Waals surface area contributed by atoms with Crippen molar-refractivity contribution in [3.8, 4) is 0 Å². The lowest BCUT2D eigenvalue weighted by Crippen LogP contribution is -2.14. The van der Waals surface area contributed by atoms with E-state index in [2.05, 4.69) is 30.8 Å². The van der Waals surface area contributed by atoms with E-state index in [0.717, 1.165) is 5.69 Å². The molecular formula is C12H15BrN4O2S. The van der Waals surface area contributed by atoms with E-state index in [1.807, 2.05) is 13.8 Å². The van der Waals surface area contributed by atoms with Gasteiger partial charge >= 0.3 is 0 Å². The summed E-state index contributed by atoms with van der Waals surface area (Å²) in [6, 6.07) is 6.19. The summed E-state index contributed by atoms with van der Waals surface area (Å²) >= 11 is 3.20. The first-order valence-corrected chi connectivity index (χ1v) is 8.20. The lowest BCUT2D eigenvalue weighted by atomic mass is 10.1. The summed E-state index contributed by atoms with van der Waals surface area (Å²) in [5, 5.41) is 6.73. The topological polar surface area (TPSA) is 101 Å². The molecule has 20 heavy (non-hydrogen) atoms. The van der Waals surface area contributed by atoms with Gasteiger partial charge in [0.2, 0.25) is 0 Å². The number of H-pyrrole nitrogens is 1. The molecule has 0 aliphatic heterocycles. The van der Waals surface area contributed by atoms with Crippen LogP contribution < -0.4 is 10.5 Å². The van der Waals surface area contributed by atoms with Gasteiger partial charge in [-0.25, -0.2) is 8.42 Å². The zero-order chi connectivity index (χ0) is 14.9. The molecule has 1 aromatic carbocycles. The molecule has 6 nitrogen and oxygen atoms in total. The van der Waals surface area contributed by atoms with Crippen LogP contribution in [0.4, 0.5) is 11.5 Å². The van der Waals surface area contributed by atoms with Crippen molar-refractivity contribution in [2.45, 2.75) is 24.7 Å². The van der Waals surface area contributed by atoms with Crippen molar-refractivity contribution >= 4 is 37.5 Å². The summed E-state index contributed by atoms with van der Waals surface area (Å²) in [6.07, 6.45) is 0. The third-order valence-corrected chi connectivity index (χ3v) is 5.04. The minimum atomic E-state index is -3.71. The third kappa shape index (κ3) is 3.13. The van der Waals surface area contributed by atoms with Crippen LogP contribution in [0, 0.1) is 0 Å². The van der Waals surface area contributed by atoms with Gasteiger partial charge in [0, 0.05) is 21.9 Å². The van der Waals surface area contributed by atoms with Crippen molar-refractivity contribution in [2.24, 2.45) is 0 Å². The maximum Gasteiger partial charge on any atom is 0.264 e. The zero-order valence-corrected chi connectivity index (χ0v) is 13.4. The number of hydrogen-bond donors (Lipinski definition) is 3. The molecule has 4 N–H and O–H groups in total. The first-order chi connectivity index (χ1) is 9.29. The third-order valence-electron chi connectivity index (χ3n) is 2.70. The van der Waals surface area contributed by atoms with Crippen molar-refractivity contribution in [1.29, 1.82) is 0 Å². The highest BCUT2D eigenvalue weighted by Crippen LogP contribution is 2.26. The molecule has 0 fully saturated rings. The molecule has 0 radical (unpaired) electrons. The van der Waals surface area contributed by atoms with Crippen LogP contribution in [0.25, 0.3) is 0 Å². The van der Waals surface area contributed by atoms with Crippen LogP contribution in [0.5, 0.6) is 0 Å². The van der Waals surface area contributed by atoms with Crippen LogP contribution in [0.2, 0.25) is 0 Å². The number of aromatic amines is 1. The van der Waals surface area contributed by atoms with Crippen LogP contribution in [0.1, 0.15) is 25.5 Å². The Morgan fingerprint density at radius 2 is 2.05 bits per heavy atom. The highest BCUT2D eigenvalue weighted by Gasteiger charge is 2.19. The summed E-state index contributed by atoms with van der Waals surface area (Å²) < 4.78 is 27.4. The lowest BCUT2D eigenvalue weighted by molar-refractivity contribution is 0.600. The molecule has 108 valence electrons. The molecule has 0 saturated heterocycles. The fourth-order valence-corrected chi connectivity index (χ4v) is 3.70. The van der Waals surface area contributed by atoms with E-state index in [-0.39, 0.29) is 16.6 Å². The molecule has 0 aliphatic rings. The van der Waals surface area contributed by atoms with Crippen LogP contribution in [-0.4, -0.2) is 18.6 Å². The number of nitrogens with one attached hydrogen (secondary N) is 2. The second-order valence-electron chi connectivity index (χ2n) is 4.66. The first kappa shape index (κ1) is 14.9. The average molecular weight is 359 g/mol. The van der Waals surface area contributed by atoms with Gasteiger partial charge in [0.25, 0.3) is 10.0 Å². The number of nitrogens with zero attached hydrogens (tertiary/aromatic N) is 1. The molecular weight excluding hydrogens is 344 g/mol. The molecule has 0 aliphatic carbocycles. The Hall–Kier alpha value is -1.54. The summed E-state index contributed by atoms with van der Waals surface area (Å²) in [5.74, 6) is 0.501. The monoisotopic (exact) mass is 358 g/mol. The van der Waals surface area contributed by atoms with Crippen LogP contribution >= 0.6 is 15.9 Å². The number of aromatic nitrogens is 2. The normalized spacial score (nSPS) is 11.8. The number of nitrogen functional groups attached to an aromatic ring is 1. The number of sulfonamides is 1. The van der Waals surface area contributed by atoms with E-state index < -0.39 is 10.0 Å². The van der Waals surface area contributed by atoms with Gasteiger partial charge in [-0.3, -0.25) is 9.82 Å². The molecule has 0 unspecified atom stereocenters. The highest BCUT2D eigenvalue weighted by atomic mass is 79.9. The number of anilines is 2. The van der Waals surface area contributed by atoms with Crippen molar-refractivity contribution < 1.29 is 8.42 Å². The van der Waals surface area contributed by atoms with Crippen molar-refractivity contribution in [3.05, 3.63) is 34.4 Å². The first-order valence-electron chi connectivity index (χ1n) is 5.93. The fraction of sp³-hybridized carbons (Fsp3) is 0.250. The van der Waals surface area contributed by atoms with Gasteiger partial charge in [-0.05, 0) is 40.0 Å².